The van der Waals surface area contributed by atoms with Crippen molar-refractivity contribution in [1.29, 1.82) is 0 Å². The average molecular weight is 394 g/mol. The fraction of sp³-hybridized carbons (Fsp3) is 0.400. The number of allylic oxidation sites excluding steroid dienone is 1. The molecule has 2 aliphatic rings. The number of halogens is 1. The molecule has 2 nitrogen and oxygen atoms in total. The number of rotatable bonds is 5. The summed E-state index contributed by atoms with van der Waals surface area (Å²) in [5.41, 5.74) is 4.24. The van der Waals surface area contributed by atoms with Gasteiger partial charge in [-0.05, 0) is 37.0 Å². The molecule has 1 fully saturated rings. The van der Waals surface area contributed by atoms with E-state index in [1.807, 2.05) is 12.1 Å². The van der Waals surface area contributed by atoms with Crippen molar-refractivity contribution in [2.75, 3.05) is 13.1 Å². The van der Waals surface area contributed by atoms with Crippen molar-refractivity contribution in [3.8, 4) is 0 Å². The summed E-state index contributed by atoms with van der Waals surface area (Å²) in [6.07, 6.45) is 8.34. The largest absolute Gasteiger partial charge is 0.374 e. The van der Waals surface area contributed by atoms with Crippen molar-refractivity contribution >= 4 is 17.8 Å². The molecule has 0 aliphatic carbocycles. The highest BCUT2D eigenvalue weighted by Crippen LogP contribution is 2.37. The highest BCUT2D eigenvalue weighted by atomic mass is 35.5. The van der Waals surface area contributed by atoms with Crippen LogP contribution in [-0.4, -0.2) is 34.3 Å². The van der Waals surface area contributed by atoms with Gasteiger partial charge < -0.3 is 4.90 Å². The van der Waals surface area contributed by atoms with E-state index in [9.17, 15) is 0 Å². The third kappa shape index (κ3) is 4.03. The van der Waals surface area contributed by atoms with Gasteiger partial charge >= 0.3 is 0 Å². The van der Waals surface area contributed by atoms with Crippen molar-refractivity contribution in [2.24, 2.45) is 5.92 Å². The number of hydrogen-bond donors (Lipinski definition) is 0. The Hall–Kier alpha value is -2.06. The molecule has 28 heavy (non-hydrogen) atoms. The Morgan fingerprint density at radius 2 is 1.64 bits per heavy atom. The second kappa shape index (κ2) is 8.13. The van der Waals surface area contributed by atoms with E-state index < -0.39 is 0 Å². The second-order valence-electron chi connectivity index (χ2n) is 8.59. The Morgan fingerprint density at radius 1 is 0.964 bits per heavy atom. The van der Waals surface area contributed by atoms with Gasteiger partial charge in [0, 0.05) is 49.3 Å². The van der Waals surface area contributed by atoms with Crippen LogP contribution in [0, 0.1) is 5.92 Å². The van der Waals surface area contributed by atoms with Crippen molar-refractivity contribution < 1.29 is 4.58 Å². The molecule has 0 spiro atoms. The minimum atomic E-state index is 0.0299. The van der Waals surface area contributed by atoms with Gasteiger partial charge in [-0.2, -0.15) is 0 Å². The van der Waals surface area contributed by atoms with Crippen LogP contribution in [0.1, 0.15) is 37.8 Å². The smallest absolute Gasteiger partial charge is 0.168 e. The van der Waals surface area contributed by atoms with E-state index in [4.69, 9.17) is 11.6 Å². The Bertz CT molecular complexity index is 859. The number of benzene rings is 2. The summed E-state index contributed by atoms with van der Waals surface area (Å²) in [6, 6.07) is 19.2. The molecule has 0 N–H and O–H groups in total. The van der Waals surface area contributed by atoms with Gasteiger partial charge in [0.1, 0.15) is 0 Å². The number of hydrogen-bond acceptors (Lipinski definition) is 1. The summed E-state index contributed by atoms with van der Waals surface area (Å²) in [7, 11) is 0. The first-order valence-corrected chi connectivity index (χ1v) is 10.8. The summed E-state index contributed by atoms with van der Waals surface area (Å²) < 4.78 is 2.52. The van der Waals surface area contributed by atoms with Gasteiger partial charge in [-0.3, -0.25) is 0 Å². The summed E-state index contributed by atoms with van der Waals surface area (Å²) >= 11 is 6.12. The zero-order valence-corrected chi connectivity index (χ0v) is 17.7. The molecule has 0 saturated carbocycles. The average Bonchev–Trinajstić information content (AvgIpc) is 3.22. The Morgan fingerprint density at radius 3 is 2.32 bits per heavy atom. The topological polar surface area (TPSA) is 6.25 Å². The van der Waals surface area contributed by atoms with Crippen molar-refractivity contribution in [3.05, 3.63) is 82.5 Å². The van der Waals surface area contributed by atoms with E-state index in [0.717, 1.165) is 18.0 Å². The number of likely N-dealkylation sites (tertiary alicyclic amines) is 1. The van der Waals surface area contributed by atoms with E-state index in [1.165, 1.54) is 42.8 Å². The summed E-state index contributed by atoms with van der Waals surface area (Å²) in [6.45, 7) is 8.11. The van der Waals surface area contributed by atoms with Crippen molar-refractivity contribution in [3.63, 3.8) is 0 Å². The van der Waals surface area contributed by atoms with Gasteiger partial charge in [-0.25, -0.2) is 4.58 Å². The van der Waals surface area contributed by atoms with Gasteiger partial charge in [-0.1, -0.05) is 54.1 Å². The van der Waals surface area contributed by atoms with Gasteiger partial charge in [-0.15, -0.1) is 0 Å². The molecule has 1 atom stereocenters. The normalized spacial score (nSPS) is 21.4. The first-order chi connectivity index (χ1) is 13.5. The molecule has 0 bridgehead atoms. The first-order valence-electron chi connectivity index (χ1n) is 10.4. The highest BCUT2D eigenvalue weighted by Gasteiger charge is 2.45. The first kappa shape index (κ1) is 19.3. The van der Waals surface area contributed by atoms with Gasteiger partial charge in [0.05, 0.1) is 5.92 Å². The molecule has 0 amide bonds. The summed E-state index contributed by atoms with van der Waals surface area (Å²) in [5, 5.41) is 0.806. The molecular formula is C25H30ClN2+. The predicted octanol–water partition coefficient (Wildman–Crippen LogP) is 5.55. The lowest BCUT2D eigenvalue weighted by Gasteiger charge is -2.39. The third-order valence-electron chi connectivity index (χ3n) is 6.40. The van der Waals surface area contributed by atoms with E-state index in [-0.39, 0.29) is 5.54 Å². The summed E-state index contributed by atoms with van der Waals surface area (Å²) in [5.74, 6) is 0.445. The molecule has 0 aromatic heterocycles. The minimum absolute atomic E-state index is 0.0299. The quantitative estimate of drug-likeness (QED) is 0.603. The fourth-order valence-electron chi connectivity index (χ4n) is 4.58. The van der Waals surface area contributed by atoms with Gasteiger partial charge in [0.15, 0.2) is 18.3 Å². The maximum absolute atomic E-state index is 6.12. The van der Waals surface area contributed by atoms with Crippen LogP contribution in [0.3, 0.4) is 0 Å². The molecule has 1 saturated heterocycles. The Kier molecular flexibility index (Phi) is 5.59. The van der Waals surface area contributed by atoms with Crippen LogP contribution in [0.4, 0.5) is 0 Å². The fourth-order valence-corrected chi connectivity index (χ4v) is 4.71. The third-order valence-corrected chi connectivity index (χ3v) is 6.65. The van der Waals surface area contributed by atoms with Crippen LogP contribution in [0.15, 0.2) is 66.4 Å². The monoisotopic (exact) mass is 393 g/mol. The Balaban J connectivity index is 1.66. The molecule has 2 aromatic rings. The zero-order valence-electron chi connectivity index (χ0n) is 16.9. The Labute approximate surface area is 174 Å². The van der Waals surface area contributed by atoms with Crippen LogP contribution in [-0.2, 0) is 13.0 Å². The molecular weight excluding hydrogens is 364 g/mol. The standard InChI is InChI=1S/C25H30ClN2/c1-25(2)23(18-20-10-12-22(26)13-11-20)24(27-15-6-7-16-27)14-17-28(25)19-21-8-4-3-5-9-21/h3-5,8-14,17,23H,6-7,15-16,18-19H2,1-2H3/q+1. The SMILES string of the molecule is CC1(C)C(Cc2ccc(Cl)cc2)C(N2CCCC2)=CC=[N+]1Cc1ccccc1. The molecule has 2 aromatic carbocycles. The van der Waals surface area contributed by atoms with Crippen LogP contribution >= 0.6 is 11.6 Å². The van der Waals surface area contributed by atoms with Crippen LogP contribution < -0.4 is 0 Å². The molecule has 2 aliphatic heterocycles. The molecule has 1 unspecified atom stereocenters. The predicted molar refractivity (Wildman–Crippen MR) is 118 cm³/mol. The van der Waals surface area contributed by atoms with Crippen LogP contribution in [0.2, 0.25) is 5.02 Å². The molecule has 2 heterocycles. The number of nitrogens with zero attached hydrogens (tertiary/aromatic N) is 2. The minimum Gasteiger partial charge on any atom is -0.374 e. The molecule has 4 rings (SSSR count). The molecule has 3 heteroatoms. The lowest BCUT2D eigenvalue weighted by atomic mass is 9.77. The van der Waals surface area contributed by atoms with Gasteiger partial charge in [0.2, 0.25) is 0 Å². The van der Waals surface area contributed by atoms with E-state index in [0.29, 0.717) is 5.92 Å². The lowest BCUT2D eigenvalue weighted by Crippen LogP contribution is -2.50. The maximum atomic E-state index is 6.12. The second-order valence-corrected chi connectivity index (χ2v) is 9.02. The van der Waals surface area contributed by atoms with Crippen LogP contribution in [0.5, 0.6) is 0 Å². The highest BCUT2D eigenvalue weighted by molar-refractivity contribution is 6.30. The molecule has 0 radical (unpaired) electrons. The van der Waals surface area contributed by atoms with E-state index in [1.54, 1.807) is 0 Å². The van der Waals surface area contributed by atoms with Crippen LogP contribution in [0.25, 0.3) is 0 Å². The van der Waals surface area contributed by atoms with E-state index in [2.05, 4.69) is 78.1 Å². The van der Waals surface area contributed by atoms with E-state index >= 15 is 0 Å². The van der Waals surface area contributed by atoms with Crippen molar-refractivity contribution in [1.82, 2.24) is 4.90 Å². The van der Waals surface area contributed by atoms with Crippen molar-refractivity contribution in [2.45, 2.75) is 45.2 Å². The van der Waals surface area contributed by atoms with Gasteiger partial charge in [0.25, 0.3) is 0 Å². The lowest BCUT2D eigenvalue weighted by molar-refractivity contribution is -0.621. The zero-order chi connectivity index (χ0) is 19.6. The molecule has 146 valence electrons. The summed E-state index contributed by atoms with van der Waals surface area (Å²) in [4.78, 5) is 2.61. The maximum Gasteiger partial charge on any atom is 0.168 e.